The van der Waals surface area contributed by atoms with E-state index in [0.29, 0.717) is 13.2 Å². The van der Waals surface area contributed by atoms with Gasteiger partial charge in [-0.25, -0.2) is 9.59 Å². The third kappa shape index (κ3) is 10.4. The van der Waals surface area contributed by atoms with E-state index in [4.69, 9.17) is 10.5 Å². The molecule has 5 heteroatoms. The summed E-state index contributed by atoms with van der Waals surface area (Å²) in [5, 5.41) is 2.50. The van der Waals surface area contributed by atoms with Crippen molar-refractivity contribution in [2.24, 2.45) is 5.73 Å². The minimum atomic E-state index is -0.491. The molecule has 0 aliphatic rings. The highest BCUT2D eigenvalue weighted by molar-refractivity contribution is 5.81. The van der Waals surface area contributed by atoms with Crippen LogP contribution in [0.3, 0.4) is 0 Å². The lowest BCUT2D eigenvalue weighted by Crippen LogP contribution is -2.29. The Morgan fingerprint density at radius 2 is 1.93 bits per heavy atom. The van der Waals surface area contributed by atoms with Crippen LogP contribution in [0.15, 0.2) is 12.7 Å². The predicted molar refractivity (Wildman–Crippen MR) is 57.2 cm³/mol. The molecule has 0 heterocycles. The number of nitrogens with two attached hydrogens (primary N) is 1. The number of carbonyl (C=O) groups is 2. The van der Waals surface area contributed by atoms with E-state index >= 15 is 0 Å². The summed E-state index contributed by atoms with van der Waals surface area (Å²) in [6, 6.07) is -0.491. The number of carbonyl (C=O) groups excluding carboxylic acids is 2. The first-order valence-corrected chi connectivity index (χ1v) is 4.99. The fourth-order valence-corrected chi connectivity index (χ4v) is 1.02. The van der Waals surface area contributed by atoms with Crippen LogP contribution in [0, 0.1) is 0 Å². The number of unbranched alkanes of at least 4 members (excludes halogenated alkanes) is 3. The van der Waals surface area contributed by atoms with Gasteiger partial charge in [-0.3, -0.25) is 0 Å². The van der Waals surface area contributed by atoms with Crippen molar-refractivity contribution in [2.75, 3.05) is 13.2 Å². The van der Waals surface area contributed by atoms with Crippen LogP contribution in [0.1, 0.15) is 25.7 Å². The minimum absolute atomic E-state index is 0.384. The molecule has 0 aromatic carbocycles. The van der Waals surface area contributed by atoms with E-state index in [1.165, 1.54) is 0 Å². The van der Waals surface area contributed by atoms with E-state index < -0.39 is 6.03 Å². The first-order chi connectivity index (χ1) is 7.16. The molecule has 86 valence electrons. The zero-order valence-corrected chi connectivity index (χ0v) is 8.83. The van der Waals surface area contributed by atoms with Crippen LogP contribution < -0.4 is 11.1 Å². The van der Waals surface area contributed by atoms with E-state index in [0.717, 1.165) is 31.8 Å². The molecule has 15 heavy (non-hydrogen) atoms. The fraction of sp³-hybridized carbons (Fsp3) is 0.600. The van der Waals surface area contributed by atoms with Gasteiger partial charge in [0.2, 0.25) is 0 Å². The Bertz CT molecular complexity index is 217. The SMILES string of the molecule is C=CC(=O)OCCCCCCNC(N)=O. The maximum Gasteiger partial charge on any atom is 0.330 e. The lowest BCUT2D eigenvalue weighted by Gasteiger charge is -2.02. The highest BCUT2D eigenvalue weighted by Crippen LogP contribution is 1.99. The Morgan fingerprint density at radius 1 is 1.27 bits per heavy atom. The first-order valence-electron chi connectivity index (χ1n) is 4.99. The van der Waals surface area contributed by atoms with Gasteiger partial charge in [0, 0.05) is 12.6 Å². The van der Waals surface area contributed by atoms with Crippen molar-refractivity contribution in [3.63, 3.8) is 0 Å². The lowest BCUT2D eigenvalue weighted by molar-refractivity contribution is -0.137. The molecule has 0 saturated carbocycles. The Hall–Kier alpha value is -1.52. The molecule has 0 rings (SSSR count). The number of rotatable bonds is 8. The van der Waals surface area contributed by atoms with Gasteiger partial charge in [0.1, 0.15) is 0 Å². The Labute approximate surface area is 89.7 Å². The summed E-state index contributed by atoms with van der Waals surface area (Å²) in [5.41, 5.74) is 4.89. The van der Waals surface area contributed by atoms with Crippen molar-refractivity contribution in [1.82, 2.24) is 5.32 Å². The zero-order chi connectivity index (χ0) is 11.5. The van der Waals surface area contributed by atoms with Gasteiger partial charge >= 0.3 is 12.0 Å². The molecule has 0 aromatic rings. The number of ether oxygens (including phenoxy) is 1. The van der Waals surface area contributed by atoms with Crippen LogP contribution in [0.4, 0.5) is 4.79 Å². The van der Waals surface area contributed by atoms with Crippen molar-refractivity contribution in [1.29, 1.82) is 0 Å². The Morgan fingerprint density at radius 3 is 2.53 bits per heavy atom. The average Bonchev–Trinajstić information content (AvgIpc) is 2.21. The van der Waals surface area contributed by atoms with Gasteiger partial charge in [-0.05, 0) is 19.3 Å². The molecular formula is C10H18N2O3. The van der Waals surface area contributed by atoms with Crippen LogP contribution in [-0.4, -0.2) is 25.2 Å². The molecule has 3 N–H and O–H groups in total. The molecule has 0 bridgehead atoms. The topological polar surface area (TPSA) is 81.4 Å². The number of nitrogens with one attached hydrogen (secondary N) is 1. The van der Waals surface area contributed by atoms with E-state index in [1.54, 1.807) is 0 Å². The van der Waals surface area contributed by atoms with Crippen molar-refractivity contribution in [3.05, 3.63) is 12.7 Å². The number of hydrogen-bond acceptors (Lipinski definition) is 3. The minimum Gasteiger partial charge on any atom is -0.463 e. The van der Waals surface area contributed by atoms with E-state index in [1.807, 2.05) is 0 Å². The molecular weight excluding hydrogens is 196 g/mol. The summed E-state index contributed by atoms with van der Waals surface area (Å²) in [6.45, 7) is 4.31. The number of primary amides is 1. The van der Waals surface area contributed by atoms with Crippen LogP contribution in [0.5, 0.6) is 0 Å². The van der Waals surface area contributed by atoms with Crippen molar-refractivity contribution in [2.45, 2.75) is 25.7 Å². The second-order valence-corrected chi connectivity index (χ2v) is 3.08. The molecule has 0 aliphatic carbocycles. The molecule has 0 unspecified atom stereocenters. The standard InChI is InChI=1S/C10H18N2O3/c1-2-9(13)15-8-6-4-3-5-7-12-10(11)14/h2H,1,3-8H2,(H3,11,12,14). The molecule has 0 atom stereocenters. The summed E-state index contributed by atoms with van der Waals surface area (Å²) in [7, 11) is 0. The smallest absolute Gasteiger partial charge is 0.330 e. The Balaban J connectivity index is 3.08. The molecule has 0 aromatic heterocycles. The van der Waals surface area contributed by atoms with Gasteiger partial charge in [0.15, 0.2) is 0 Å². The highest BCUT2D eigenvalue weighted by atomic mass is 16.5. The normalized spacial score (nSPS) is 9.33. The van der Waals surface area contributed by atoms with Crippen molar-refractivity contribution in [3.8, 4) is 0 Å². The van der Waals surface area contributed by atoms with Crippen LogP contribution >= 0.6 is 0 Å². The second kappa shape index (κ2) is 9.05. The van der Waals surface area contributed by atoms with Crippen LogP contribution in [0.25, 0.3) is 0 Å². The summed E-state index contributed by atoms with van der Waals surface area (Å²) < 4.78 is 4.79. The molecule has 5 nitrogen and oxygen atoms in total. The van der Waals surface area contributed by atoms with E-state index in [2.05, 4.69) is 11.9 Å². The van der Waals surface area contributed by atoms with Gasteiger partial charge in [-0.15, -0.1) is 0 Å². The highest BCUT2D eigenvalue weighted by Gasteiger charge is 1.95. The molecule has 0 saturated heterocycles. The Kier molecular flexibility index (Phi) is 8.13. The third-order valence-corrected chi connectivity index (χ3v) is 1.78. The maximum atomic E-state index is 10.6. The average molecular weight is 214 g/mol. The monoisotopic (exact) mass is 214 g/mol. The number of esters is 1. The van der Waals surface area contributed by atoms with Gasteiger partial charge in [0.05, 0.1) is 6.61 Å². The second-order valence-electron chi connectivity index (χ2n) is 3.08. The predicted octanol–water partition coefficient (Wildman–Crippen LogP) is 0.944. The van der Waals surface area contributed by atoms with Gasteiger partial charge in [-0.1, -0.05) is 13.0 Å². The van der Waals surface area contributed by atoms with E-state index in [9.17, 15) is 9.59 Å². The third-order valence-electron chi connectivity index (χ3n) is 1.78. The van der Waals surface area contributed by atoms with Crippen LogP contribution in [0.2, 0.25) is 0 Å². The summed E-state index contributed by atoms with van der Waals surface area (Å²) >= 11 is 0. The van der Waals surface area contributed by atoms with E-state index in [-0.39, 0.29) is 5.97 Å². The largest absolute Gasteiger partial charge is 0.463 e. The first kappa shape index (κ1) is 13.5. The van der Waals surface area contributed by atoms with Crippen LogP contribution in [-0.2, 0) is 9.53 Å². The molecule has 0 radical (unpaired) electrons. The number of amides is 2. The van der Waals surface area contributed by atoms with Gasteiger partial charge in [-0.2, -0.15) is 0 Å². The molecule has 0 aliphatic heterocycles. The van der Waals surface area contributed by atoms with Gasteiger partial charge in [0.25, 0.3) is 0 Å². The van der Waals surface area contributed by atoms with Crippen molar-refractivity contribution >= 4 is 12.0 Å². The lowest BCUT2D eigenvalue weighted by atomic mass is 10.2. The summed E-state index contributed by atoms with van der Waals surface area (Å²) in [4.78, 5) is 20.9. The van der Waals surface area contributed by atoms with Gasteiger partial charge < -0.3 is 15.8 Å². The maximum absolute atomic E-state index is 10.6. The molecule has 2 amide bonds. The quantitative estimate of drug-likeness (QED) is 0.358. The summed E-state index contributed by atoms with van der Waals surface area (Å²) in [5.74, 6) is -0.384. The number of hydrogen-bond donors (Lipinski definition) is 2. The molecule has 0 fully saturated rings. The zero-order valence-electron chi connectivity index (χ0n) is 8.83. The molecule has 0 spiro atoms. The number of urea groups is 1. The fourth-order valence-electron chi connectivity index (χ4n) is 1.02. The van der Waals surface area contributed by atoms with Crippen molar-refractivity contribution < 1.29 is 14.3 Å². The summed E-state index contributed by atoms with van der Waals surface area (Å²) in [6.07, 6.45) is 4.81.